The molecule has 0 aromatic carbocycles. The van der Waals surface area contributed by atoms with Crippen LogP contribution in [0.4, 0.5) is 0 Å². The zero-order valence-corrected chi connectivity index (χ0v) is 14.2. The summed E-state index contributed by atoms with van der Waals surface area (Å²) in [6.07, 6.45) is 26.8. The second kappa shape index (κ2) is 18.7. The molecule has 119 valence electrons. The molecule has 0 fully saturated rings. The van der Waals surface area contributed by atoms with Gasteiger partial charge < -0.3 is 0 Å². The zero-order chi connectivity index (χ0) is 14.7. The Kier molecular flexibility index (Phi) is 18.5. The summed E-state index contributed by atoms with van der Waals surface area (Å²) in [4.78, 5) is 0. The van der Waals surface area contributed by atoms with Gasteiger partial charge in [0.1, 0.15) is 0 Å². The molecule has 0 atom stereocenters. The Labute approximate surface area is 129 Å². The first-order chi connectivity index (χ1) is 9.91. The van der Waals surface area contributed by atoms with Crippen LogP contribution in [0, 0.1) is 6.92 Å². The molecule has 1 radical (unpaired) electrons. The second-order valence-corrected chi connectivity index (χ2v) is 6.14. The summed E-state index contributed by atoms with van der Waals surface area (Å²) in [6.45, 7) is 6.16. The van der Waals surface area contributed by atoms with Crippen molar-refractivity contribution in [3.8, 4) is 0 Å². The number of hydrogen-bond donors (Lipinski definition) is 0. The molecule has 0 aliphatic carbocycles. The molecule has 0 aliphatic heterocycles. The molecular formula is C20H39. The van der Waals surface area contributed by atoms with Crippen molar-refractivity contribution in [3.05, 3.63) is 19.1 Å². The van der Waals surface area contributed by atoms with Gasteiger partial charge in [0.25, 0.3) is 0 Å². The summed E-state index contributed by atoms with van der Waals surface area (Å²) in [5, 5.41) is 0. The average molecular weight is 280 g/mol. The van der Waals surface area contributed by atoms with Gasteiger partial charge in [-0.25, -0.2) is 0 Å². The van der Waals surface area contributed by atoms with E-state index in [-0.39, 0.29) is 0 Å². The van der Waals surface area contributed by atoms with Crippen LogP contribution in [-0.4, -0.2) is 0 Å². The van der Waals surface area contributed by atoms with E-state index in [1.807, 2.05) is 0 Å². The zero-order valence-electron chi connectivity index (χ0n) is 14.2. The lowest BCUT2D eigenvalue weighted by atomic mass is 10.1. The Balaban J connectivity index is 2.99. The quantitative estimate of drug-likeness (QED) is 0.201. The molecule has 20 heavy (non-hydrogen) atoms. The summed E-state index contributed by atoms with van der Waals surface area (Å²) in [7, 11) is 0. The van der Waals surface area contributed by atoms with Crippen molar-refractivity contribution in [3.63, 3.8) is 0 Å². The van der Waals surface area contributed by atoms with E-state index in [9.17, 15) is 0 Å². The topological polar surface area (TPSA) is 0 Å². The van der Waals surface area contributed by atoms with Crippen LogP contribution in [0.3, 0.4) is 0 Å². The molecule has 0 saturated heterocycles. The van der Waals surface area contributed by atoms with Gasteiger partial charge in [-0.1, -0.05) is 103 Å². The van der Waals surface area contributed by atoms with E-state index in [1.54, 1.807) is 0 Å². The van der Waals surface area contributed by atoms with Crippen LogP contribution < -0.4 is 0 Å². The van der Waals surface area contributed by atoms with Gasteiger partial charge in [-0.15, -0.1) is 0 Å². The molecule has 0 heteroatoms. The smallest absolute Gasteiger partial charge is 0.0351 e. The Morgan fingerprint density at radius 3 is 1.40 bits per heavy atom. The van der Waals surface area contributed by atoms with E-state index < -0.39 is 0 Å². The van der Waals surface area contributed by atoms with Crippen molar-refractivity contribution < 1.29 is 0 Å². The van der Waals surface area contributed by atoms with E-state index in [0.29, 0.717) is 0 Å². The maximum atomic E-state index is 3.87. The number of rotatable bonds is 16. The normalized spacial score (nSPS) is 11.5. The summed E-state index contributed by atoms with van der Waals surface area (Å²) in [5.74, 6) is 0. The van der Waals surface area contributed by atoms with Crippen molar-refractivity contribution >= 4 is 0 Å². The molecule has 0 aromatic rings. The van der Waals surface area contributed by atoms with Crippen LogP contribution >= 0.6 is 0 Å². The highest BCUT2D eigenvalue weighted by Gasteiger charge is 1.92. The lowest BCUT2D eigenvalue weighted by molar-refractivity contribution is 0.550. The molecular weight excluding hydrogens is 240 g/mol. The molecule has 0 nitrogen and oxygen atoms in total. The van der Waals surface area contributed by atoms with Gasteiger partial charge in [0.05, 0.1) is 0 Å². The number of allylic oxidation sites excluding steroid dienone is 2. The lowest BCUT2D eigenvalue weighted by Crippen LogP contribution is -1.82. The molecule has 0 N–H and O–H groups in total. The van der Waals surface area contributed by atoms with Gasteiger partial charge in [0, 0.05) is 0 Å². The van der Waals surface area contributed by atoms with Gasteiger partial charge in [-0.05, 0) is 25.7 Å². The summed E-state index contributed by atoms with van der Waals surface area (Å²) in [6, 6.07) is 0. The van der Waals surface area contributed by atoms with Gasteiger partial charge in [-0.2, -0.15) is 0 Å². The first-order valence-corrected chi connectivity index (χ1v) is 9.36. The molecule has 0 amide bonds. The van der Waals surface area contributed by atoms with Gasteiger partial charge in [0.2, 0.25) is 0 Å². The maximum absolute atomic E-state index is 3.87. The lowest BCUT2D eigenvalue weighted by Gasteiger charge is -2.01. The van der Waals surface area contributed by atoms with Crippen molar-refractivity contribution in [2.24, 2.45) is 0 Å². The van der Waals surface area contributed by atoms with Crippen LogP contribution in [0.25, 0.3) is 0 Å². The highest BCUT2D eigenvalue weighted by atomic mass is 14.0. The molecule has 0 bridgehead atoms. The second-order valence-electron chi connectivity index (χ2n) is 6.14. The molecule has 0 rings (SSSR count). The van der Waals surface area contributed by atoms with Gasteiger partial charge in [0.15, 0.2) is 0 Å². The van der Waals surface area contributed by atoms with Crippen LogP contribution in [0.2, 0.25) is 0 Å². The predicted octanol–water partition coefficient (Wildman–Crippen LogP) is 7.64. The Morgan fingerprint density at radius 1 is 0.550 bits per heavy atom. The Hall–Kier alpha value is -0.260. The minimum absolute atomic E-state index is 1.09. The van der Waals surface area contributed by atoms with E-state index in [2.05, 4.69) is 26.0 Å². The minimum atomic E-state index is 1.09. The molecule has 0 saturated carbocycles. The van der Waals surface area contributed by atoms with Crippen LogP contribution in [0.1, 0.15) is 110 Å². The summed E-state index contributed by atoms with van der Waals surface area (Å²) < 4.78 is 0. The molecule has 0 aliphatic rings. The highest BCUT2D eigenvalue weighted by Crippen LogP contribution is 2.12. The fourth-order valence-electron chi connectivity index (χ4n) is 2.60. The third-order valence-electron chi connectivity index (χ3n) is 4.01. The fourth-order valence-corrected chi connectivity index (χ4v) is 2.60. The minimum Gasteiger partial charge on any atom is -0.0885 e. The van der Waals surface area contributed by atoms with E-state index >= 15 is 0 Å². The first kappa shape index (κ1) is 19.7. The highest BCUT2D eigenvalue weighted by molar-refractivity contribution is 4.81. The Morgan fingerprint density at radius 2 is 0.950 bits per heavy atom. The standard InChI is InChI=1S/C20H39/c1-3-5-7-9-11-13-15-17-19-20-18-16-14-12-10-8-6-4-2/h11,13H,1,3-10,12,14-20H2,2H3/b13-11+. The molecule has 0 unspecified atom stereocenters. The third kappa shape index (κ3) is 17.7. The van der Waals surface area contributed by atoms with Crippen LogP contribution in [-0.2, 0) is 0 Å². The third-order valence-corrected chi connectivity index (χ3v) is 4.01. The van der Waals surface area contributed by atoms with E-state index in [1.165, 1.54) is 96.3 Å². The summed E-state index contributed by atoms with van der Waals surface area (Å²) >= 11 is 0. The molecule has 0 heterocycles. The van der Waals surface area contributed by atoms with Crippen LogP contribution in [0.15, 0.2) is 12.2 Å². The van der Waals surface area contributed by atoms with Crippen molar-refractivity contribution in [2.75, 3.05) is 0 Å². The Bertz CT molecular complexity index is 180. The SMILES string of the molecule is [CH2]CCCC/C=C/CCCCCCCCCCCCC. The summed E-state index contributed by atoms with van der Waals surface area (Å²) in [5.41, 5.74) is 0. The number of unbranched alkanes of at least 4 members (excludes halogenated alkanes) is 14. The average Bonchev–Trinajstić information content (AvgIpc) is 2.47. The first-order valence-electron chi connectivity index (χ1n) is 9.36. The predicted molar refractivity (Wildman–Crippen MR) is 94.0 cm³/mol. The van der Waals surface area contributed by atoms with Gasteiger partial charge >= 0.3 is 0 Å². The monoisotopic (exact) mass is 279 g/mol. The van der Waals surface area contributed by atoms with Crippen molar-refractivity contribution in [2.45, 2.75) is 110 Å². The molecule has 0 spiro atoms. The molecule has 0 aromatic heterocycles. The van der Waals surface area contributed by atoms with Gasteiger partial charge in [-0.3, -0.25) is 0 Å². The fraction of sp³-hybridized carbons (Fsp3) is 0.850. The largest absolute Gasteiger partial charge is 0.0885 e. The number of hydrogen-bond acceptors (Lipinski definition) is 0. The van der Waals surface area contributed by atoms with Crippen molar-refractivity contribution in [1.82, 2.24) is 0 Å². The maximum Gasteiger partial charge on any atom is -0.0351 e. The van der Waals surface area contributed by atoms with E-state index in [4.69, 9.17) is 0 Å². The van der Waals surface area contributed by atoms with Crippen LogP contribution in [0.5, 0.6) is 0 Å². The van der Waals surface area contributed by atoms with Crippen molar-refractivity contribution in [1.29, 1.82) is 0 Å². The van der Waals surface area contributed by atoms with E-state index in [0.717, 1.165) is 6.42 Å².